The lowest BCUT2D eigenvalue weighted by Crippen LogP contribution is -2.31. The number of carbonyl (C=O) groups excluding carboxylic acids is 1. The van der Waals surface area contributed by atoms with Crippen molar-refractivity contribution in [1.29, 1.82) is 0 Å². The smallest absolute Gasteiger partial charge is 0.376 e. The monoisotopic (exact) mass is 653 g/mol. The number of anilines is 1. The molecule has 1 aromatic carbocycles. The van der Waals surface area contributed by atoms with Gasteiger partial charge in [-0.3, -0.25) is 19.4 Å². The predicted octanol–water partition coefficient (Wildman–Crippen LogP) is 1.09. The van der Waals surface area contributed by atoms with Gasteiger partial charge < -0.3 is 40.0 Å². The van der Waals surface area contributed by atoms with Crippen molar-refractivity contribution in [1.82, 2.24) is 5.32 Å². The van der Waals surface area contributed by atoms with Gasteiger partial charge in [0.2, 0.25) is 5.91 Å². The van der Waals surface area contributed by atoms with Gasteiger partial charge in [0.1, 0.15) is 0 Å². The zero-order valence-electron chi connectivity index (χ0n) is 18.3. The van der Waals surface area contributed by atoms with Crippen LogP contribution in [0.25, 0.3) is 0 Å². The Balaban J connectivity index is 2.46. The van der Waals surface area contributed by atoms with Gasteiger partial charge >= 0.3 is 39.1 Å². The summed E-state index contributed by atoms with van der Waals surface area (Å²) >= 11 is 0. The van der Waals surface area contributed by atoms with Crippen LogP contribution in [0.5, 0.6) is 0 Å². The van der Waals surface area contributed by atoms with Gasteiger partial charge in [-0.25, -0.2) is 22.8 Å². The average Bonchev–Trinajstić information content (AvgIpc) is 2.67. The molecule has 0 spiro atoms. The van der Waals surface area contributed by atoms with Gasteiger partial charge in [-0.15, -0.1) is 0 Å². The third kappa shape index (κ3) is 15.3. The van der Waals surface area contributed by atoms with Crippen LogP contribution >= 0.6 is 39.1 Å². The Kier molecular flexibility index (Phi) is 12.6. The summed E-state index contributed by atoms with van der Waals surface area (Å²) in [5.74, 6) is -0.601. The van der Waals surface area contributed by atoms with Crippen molar-refractivity contribution in [2.75, 3.05) is 25.0 Å². The molecule has 0 bridgehead atoms. The van der Waals surface area contributed by atoms with Crippen LogP contribution in [-0.2, 0) is 49.4 Å². The van der Waals surface area contributed by atoms with Crippen molar-refractivity contribution in [2.24, 2.45) is 0 Å². The molecule has 0 aromatic heterocycles. The summed E-state index contributed by atoms with van der Waals surface area (Å²) in [7, 11) is -29.6. The third-order valence-electron chi connectivity index (χ3n) is 3.24. The summed E-state index contributed by atoms with van der Waals surface area (Å²) in [5.41, 5.74) is 0.0679. The Morgan fingerprint density at radius 3 is 1.92 bits per heavy atom. The molecule has 0 aliphatic rings. The Hall–Kier alpha value is -1.40. The second-order valence-corrected chi connectivity index (χ2v) is 14.0. The van der Waals surface area contributed by atoms with Crippen LogP contribution in [0.2, 0.25) is 0 Å². The molecule has 22 nitrogen and oxygen atoms in total. The van der Waals surface area contributed by atoms with E-state index in [1.807, 2.05) is 0 Å². The standard InChI is InChI=1S/C11H20N3O19P5/c15-11(8-13-9-3-1-4-10(7-9)14(16)17)12-5-2-6-29-35(21,22)31-37(25,26)33-38(27,28)32-36(23,24)30-34(18,19)20/h1,3-4,7,13H,2,5-6,8H2,(H,12,15)(H,21,22)(H,23,24)(H,25,26)(H,27,28)(H2,18,19,20). The minimum absolute atomic E-state index is 0.173. The molecule has 0 saturated carbocycles. The number of phosphoric acid groups is 5. The highest BCUT2D eigenvalue weighted by Gasteiger charge is 2.47. The number of phosphoric ester groups is 1. The number of amides is 1. The second kappa shape index (κ2) is 13.8. The zero-order valence-corrected chi connectivity index (χ0v) is 22.8. The molecule has 0 aliphatic carbocycles. The molecular formula is C11H20N3O19P5. The number of nitro benzene ring substituents is 1. The van der Waals surface area contributed by atoms with Crippen LogP contribution in [0.4, 0.5) is 11.4 Å². The number of nitrogens with one attached hydrogen (secondary N) is 2. The highest BCUT2D eigenvalue weighted by Crippen LogP contribution is 2.73. The Morgan fingerprint density at radius 1 is 0.868 bits per heavy atom. The van der Waals surface area contributed by atoms with E-state index in [1.165, 1.54) is 24.3 Å². The molecule has 1 rings (SSSR count). The van der Waals surface area contributed by atoms with Gasteiger partial charge in [0.15, 0.2) is 0 Å². The molecule has 1 aromatic rings. The largest absolute Gasteiger partial charge is 0.490 e. The maximum Gasteiger partial charge on any atom is 0.490 e. The summed E-state index contributed by atoms with van der Waals surface area (Å²) < 4.78 is 74.6. The van der Waals surface area contributed by atoms with Crippen LogP contribution in [-0.4, -0.2) is 59.9 Å². The Labute approximate surface area is 211 Å². The van der Waals surface area contributed by atoms with Crippen molar-refractivity contribution >= 4 is 56.4 Å². The van der Waals surface area contributed by atoms with E-state index < -0.39 is 56.6 Å². The van der Waals surface area contributed by atoms with E-state index in [4.69, 9.17) is 14.7 Å². The number of nitro groups is 1. The SMILES string of the molecule is O=C(CNc1cccc([N+](=O)[O-])c1)NCCCOP(=O)(O)OP(=O)(O)OP(=O)(O)OP(=O)(O)OP(=O)(O)O. The topological polar surface area (TPSA) is 337 Å². The van der Waals surface area contributed by atoms with Crippen LogP contribution in [0.3, 0.4) is 0 Å². The lowest BCUT2D eigenvalue weighted by molar-refractivity contribution is -0.384. The van der Waals surface area contributed by atoms with Crippen LogP contribution in [0.15, 0.2) is 24.3 Å². The minimum Gasteiger partial charge on any atom is -0.376 e. The predicted molar refractivity (Wildman–Crippen MR) is 121 cm³/mol. The molecule has 38 heavy (non-hydrogen) atoms. The molecule has 4 atom stereocenters. The van der Waals surface area contributed by atoms with E-state index in [0.717, 1.165) is 0 Å². The zero-order chi connectivity index (χ0) is 29.4. The fraction of sp³-hybridized carbons (Fsp3) is 0.364. The number of nitrogens with zero attached hydrogens (tertiary/aromatic N) is 1. The van der Waals surface area contributed by atoms with Crippen molar-refractivity contribution in [3.8, 4) is 0 Å². The molecule has 218 valence electrons. The summed E-state index contributed by atoms with van der Waals surface area (Å²) in [6.07, 6.45) is -0.192. The number of rotatable bonds is 17. The summed E-state index contributed by atoms with van der Waals surface area (Å²) in [6.45, 7) is -1.19. The average molecular weight is 653 g/mol. The third-order valence-corrected chi connectivity index (χ3v) is 10.4. The number of carbonyl (C=O) groups is 1. The maximum atomic E-state index is 11.8. The fourth-order valence-electron chi connectivity index (χ4n) is 2.05. The number of hydrogen-bond donors (Lipinski definition) is 8. The van der Waals surface area contributed by atoms with Gasteiger partial charge in [-0.1, -0.05) is 6.07 Å². The highest BCUT2D eigenvalue weighted by atomic mass is 31.3. The first-order valence-corrected chi connectivity index (χ1v) is 16.7. The Morgan fingerprint density at radius 2 is 1.39 bits per heavy atom. The maximum absolute atomic E-state index is 11.8. The van der Waals surface area contributed by atoms with E-state index >= 15 is 0 Å². The molecule has 27 heteroatoms. The molecule has 0 saturated heterocycles. The summed E-state index contributed by atoms with van der Waals surface area (Å²) in [6, 6.07) is 5.28. The molecular weight excluding hydrogens is 633 g/mol. The minimum atomic E-state index is -6.19. The second-order valence-electron chi connectivity index (χ2n) is 6.39. The molecule has 0 aliphatic heterocycles. The van der Waals surface area contributed by atoms with Gasteiger partial charge in [-0.05, 0) is 12.5 Å². The quantitative estimate of drug-likeness (QED) is 0.0504. The normalized spacial score (nSPS) is 18.3. The van der Waals surface area contributed by atoms with E-state index in [1.54, 1.807) is 0 Å². The van der Waals surface area contributed by atoms with Crippen molar-refractivity contribution in [3.05, 3.63) is 34.4 Å². The number of benzene rings is 1. The lowest BCUT2D eigenvalue weighted by Gasteiger charge is -2.19. The molecule has 0 heterocycles. The van der Waals surface area contributed by atoms with Crippen molar-refractivity contribution < 1.29 is 83.7 Å². The first kappa shape index (κ1) is 34.6. The lowest BCUT2D eigenvalue weighted by atomic mass is 10.3. The van der Waals surface area contributed by atoms with E-state index in [9.17, 15) is 52.4 Å². The van der Waals surface area contributed by atoms with Crippen LogP contribution in [0.1, 0.15) is 6.42 Å². The Bertz CT molecular complexity index is 1250. The number of non-ortho nitro benzene ring substituents is 1. The van der Waals surface area contributed by atoms with Gasteiger partial charge in [0.05, 0.1) is 18.1 Å². The molecule has 4 unspecified atom stereocenters. The molecule has 8 N–H and O–H groups in total. The first-order chi connectivity index (χ1) is 17.1. The van der Waals surface area contributed by atoms with E-state index in [2.05, 4.69) is 32.4 Å². The number of hydrogen-bond acceptors (Lipinski definition) is 14. The fourth-order valence-corrected chi connectivity index (χ4v) is 7.96. The van der Waals surface area contributed by atoms with Gasteiger partial charge in [0.25, 0.3) is 5.69 Å². The summed E-state index contributed by atoms with van der Waals surface area (Å²) in [4.78, 5) is 75.5. The van der Waals surface area contributed by atoms with E-state index in [-0.39, 0.29) is 30.9 Å². The van der Waals surface area contributed by atoms with Gasteiger partial charge in [-0.2, -0.15) is 17.2 Å². The van der Waals surface area contributed by atoms with E-state index in [0.29, 0.717) is 0 Å². The molecule has 0 radical (unpaired) electrons. The van der Waals surface area contributed by atoms with Crippen molar-refractivity contribution in [3.63, 3.8) is 0 Å². The van der Waals surface area contributed by atoms with Crippen LogP contribution < -0.4 is 10.6 Å². The first-order valence-electron chi connectivity index (χ1n) is 9.22. The molecule has 0 fully saturated rings. The molecule has 1 amide bonds. The van der Waals surface area contributed by atoms with Crippen molar-refractivity contribution in [2.45, 2.75) is 6.42 Å². The van der Waals surface area contributed by atoms with Gasteiger partial charge in [0, 0.05) is 24.4 Å². The highest BCUT2D eigenvalue weighted by molar-refractivity contribution is 7.71. The van der Waals surface area contributed by atoms with Crippen LogP contribution in [0, 0.1) is 10.1 Å². The summed E-state index contributed by atoms with van der Waals surface area (Å²) in [5, 5.41) is 15.7.